The van der Waals surface area contributed by atoms with Crippen LogP contribution in [0, 0.1) is 5.92 Å². The Labute approximate surface area is 140 Å². The predicted octanol–water partition coefficient (Wildman–Crippen LogP) is 4.95. The fraction of sp³-hybridized carbons (Fsp3) is 0.625. The molecule has 0 radical (unpaired) electrons. The van der Waals surface area contributed by atoms with Gasteiger partial charge in [0.15, 0.2) is 11.5 Å². The van der Waals surface area contributed by atoms with Gasteiger partial charge in [-0.25, -0.2) is 0 Å². The third-order valence-corrected chi connectivity index (χ3v) is 5.02. The van der Waals surface area contributed by atoms with E-state index >= 15 is 0 Å². The summed E-state index contributed by atoms with van der Waals surface area (Å²) in [5.74, 6) is 1.81. The molecule has 3 atom stereocenters. The van der Waals surface area contributed by atoms with Crippen molar-refractivity contribution in [1.82, 2.24) is 0 Å². The summed E-state index contributed by atoms with van der Waals surface area (Å²) in [6.45, 7) is 7.98. The van der Waals surface area contributed by atoms with E-state index in [2.05, 4.69) is 22.9 Å². The molecule has 1 aliphatic heterocycles. The summed E-state index contributed by atoms with van der Waals surface area (Å²) < 4.78 is 17.9. The van der Waals surface area contributed by atoms with Gasteiger partial charge in [-0.05, 0) is 44.9 Å². The molecular formula is C16H22BrClO3. The molecule has 3 nitrogen and oxygen atoms in total. The monoisotopic (exact) mass is 376 g/mol. The lowest BCUT2D eigenvalue weighted by Gasteiger charge is -2.23. The molecule has 1 saturated heterocycles. The minimum absolute atomic E-state index is 0.105. The van der Waals surface area contributed by atoms with Crippen LogP contribution < -0.4 is 9.47 Å². The van der Waals surface area contributed by atoms with Gasteiger partial charge in [0.1, 0.15) is 0 Å². The molecule has 2 rings (SSSR count). The van der Waals surface area contributed by atoms with Crippen molar-refractivity contribution in [3.05, 3.63) is 22.2 Å². The van der Waals surface area contributed by atoms with Gasteiger partial charge in [0, 0.05) is 17.0 Å². The fourth-order valence-electron chi connectivity index (χ4n) is 2.66. The average molecular weight is 378 g/mol. The maximum Gasteiger partial charge on any atom is 0.162 e. The Balaban J connectivity index is 2.31. The molecule has 0 saturated carbocycles. The number of hydrogen-bond donors (Lipinski definition) is 0. The molecule has 1 aromatic carbocycles. The van der Waals surface area contributed by atoms with E-state index in [0.29, 0.717) is 19.1 Å². The van der Waals surface area contributed by atoms with Gasteiger partial charge >= 0.3 is 0 Å². The van der Waals surface area contributed by atoms with Crippen LogP contribution in [0.2, 0.25) is 0 Å². The van der Waals surface area contributed by atoms with Crippen molar-refractivity contribution >= 4 is 27.5 Å². The second-order valence-corrected chi connectivity index (χ2v) is 6.44. The van der Waals surface area contributed by atoms with E-state index < -0.39 is 0 Å². The van der Waals surface area contributed by atoms with Gasteiger partial charge in [-0.15, -0.1) is 11.6 Å². The van der Waals surface area contributed by atoms with Crippen LogP contribution in [0.4, 0.5) is 0 Å². The highest BCUT2D eigenvalue weighted by Gasteiger charge is 2.33. The zero-order chi connectivity index (χ0) is 15.4. The summed E-state index contributed by atoms with van der Waals surface area (Å²) >= 11 is 10.3. The second kappa shape index (κ2) is 7.70. The summed E-state index contributed by atoms with van der Waals surface area (Å²) in [4.78, 5) is 0. The molecule has 0 N–H and O–H groups in total. The van der Waals surface area contributed by atoms with Crippen LogP contribution in [-0.2, 0) is 4.74 Å². The van der Waals surface area contributed by atoms with Crippen molar-refractivity contribution in [2.75, 3.05) is 19.8 Å². The first-order valence-electron chi connectivity index (χ1n) is 7.43. The van der Waals surface area contributed by atoms with Crippen molar-refractivity contribution in [2.24, 2.45) is 5.92 Å². The zero-order valence-electron chi connectivity index (χ0n) is 12.7. The van der Waals surface area contributed by atoms with Crippen molar-refractivity contribution in [2.45, 2.75) is 38.7 Å². The number of rotatable bonds is 6. The molecule has 21 heavy (non-hydrogen) atoms. The number of hydrogen-bond acceptors (Lipinski definition) is 3. The number of halogens is 2. The van der Waals surface area contributed by atoms with Crippen LogP contribution in [0.25, 0.3) is 0 Å². The van der Waals surface area contributed by atoms with E-state index in [-0.39, 0.29) is 11.5 Å². The lowest BCUT2D eigenvalue weighted by molar-refractivity contribution is 0.105. The van der Waals surface area contributed by atoms with E-state index in [1.165, 1.54) is 0 Å². The van der Waals surface area contributed by atoms with Gasteiger partial charge in [-0.2, -0.15) is 0 Å². The highest BCUT2D eigenvalue weighted by atomic mass is 79.9. The Kier molecular flexibility index (Phi) is 6.20. The van der Waals surface area contributed by atoms with Crippen LogP contribution in [0.5, 0.6) is 11.5 Å². The smallest absolute Gasteiger partial charge is 0.162 e. The molecule has 0 spiro atoms. The maximum atomic E-state index is 6.71. The van der Waals surface area contributed by atoms with Crippen molar-refractivity contribution in [3.8, 4) is 11.5 Å². The molecule has 1 fully saturated rings. The normalized spacial score (nSPS) is 23.1. The second-order valence-electron chi connectivity index (χ2n) is 5.12. The molecule has 0 bridgehead atoms. The SMILES string of the molecule is CCOc1cc(Br)c(C(Cl)C2CCOC2C)cc1OCC. The van der Waals surface area contributed by atoms with E-state index in [0.717, 1.165) is 34.6 Å². The summed E-state index contributed by atoms with van der Waals surface area (Å²) in [5, 5.41) is -0.105. The number of ether oxygens (including phenoxy) is 3. The van der Waals surface area contributed by atoms with Crippen molar-refractivity contribution in [1.29, 1.82) is 0 Å². The zero-order valence-corrected chi connectivity index (χ0v) is 15.0. The third kappa shape index (κ3) is 3.85. The molecule has 0 amide bonds. The minimum atomic E-state index is -0.105. The minimum Gasteiger partial charge on any atom is -0.490 e. The Bertz CT molecular complexity index is 481. The third-order valence-electron chi connectivity index (χ3n) is 3.77. The number of alkyl halides is 1. The Morgan fingerprint density at radius 2 is 1.90 bits per heavy atom. The molecule has 1 aliphatic rings. The fourth-order valence-corrected chi connectivity index (χ4v) is 3.87. The van der Waals surface area contributed by atoms with Crippen LogP contribution in [0.15, 0.2) is 16.6 Å². The van der Waals surface area contributed by atoms with Gasteiger partial charge < -0.3 is 14.2 Å². The summed E-state index contributed by atoms with van der Waals surface area (Å²) in [6, 6.07) is 3.93. The average Bonchev–Trinajstić information content (AvgIpc) is 2.87. The quantitative estimate of drug-likeness (QED) is 0.656. The van der Waals surface area contributed by atoms with E-state index in [1.54, 1.807) is 0 Å². The van der Waals surface area contributed by atoms with E-state index in [1.807, 2.05) is 26.0 Å². The highest BCUT2D eigenvalue weighted by molar-refractivity contribution is 9.10. The van der Waals surface area contributed by atoms with Gasteiger partial charge in [0.05, 0.1) is 24.7 Å². The maximum absolute atomic E-state index is 6.71. The Morgan fingerprint density at radius 1 is 1.29 bits per heavy atom. The lowest BCUT2D eigenvalue weighted by Crippen LogP contribution is -2.17. The first-order chi connectivity index (χ1) is 10.1. The van der Waals surface area contributed by atoms with Crippen molar-refractivity contribution < 1.29 is 14.2 Å². The van der Waals surface area contributed by atoms with Gasteiger partial charge in [-0.3, -0.25) is 0 Å². The first kappa shape index (κ1) is 16.9. The Hall–Kier alpha value is -0.450. The van der Waals surface area contributed by atoms with E-state index in [9.17, 15) is 0 Å². The molecule has 1 heterocycles. The Morgan fingerprint density at radius 3 is 2.43 bits per heavy atom. The van der Waals surface area contributed by atoms with Crippen LogP contribution in [0.1, 0.15) is 38.1 Å². The standard InChI is InChI=1S/C16H22BrClO3/c1-4-19-14-8-12(13(17)9-15(14)20-5-2)16(18)11-6-7-21-10(11)3/h8-11,16H,4-7H2,1-3H3. The topological polar surface area (TPSA) is 27.7 Å². The van der Waals surface area contributed by atoms with Crippen molar-refractivity contribution in [3.63, 3.8) is 0 Å². The van der Waals surface area contributed by atoms with Gasteiger partial charge in [-0.1, -0.05) is 15.9 Å². The van der Waals surface area contributed by atoms with Gasteiger partial charge in [0.25, 0.3) is 0 Å². The molecule has 1 aromatic rings. The molecule has 0 aliphatic carbocycles. The summed E-state index contributed by atoms with van der Waals surface area (Å²) in [6.07, 6.45) is 1.17. The number of benzene rings is 1. The molecule has 5 heteroatoms. The lowest BCUT2D eigenvalue weighted by atomic mass is 9.93. The molecular weight excluding hydrogens is 356 g/mol. The predicted molar refractivity (Wildman–Crippen MR) is 88.6 cm³/mol. The molecule has 3 unspecified atom stereocenters. The largest absolute Gasteiger partial charge is 0.490 e. The first-order valence-corrected chi connectivity index (χ1v) is 8.66. The van der Waals surface area contributed by atoms with Crippen LogP contribution in [0.3, 0.4) is 0 Å². The van der Waals surface area contributed by atoms with E-state index in [4.69, 9.17) is 25.8 Å². The van der Waals surface area contributed by atoms with Crippen LogP contribution >= 0.6 is 27.5 Å². The molecule has 0 aromatic heterocycles. The summed E-state index contributed by atoms with van der Waals surface area (Å²) in [7, 11) is 0. The highest BCUT2D eigenvalue weighted by Crippen LogP contribution is 2.44. The van der Waals surface area contributed by atoms with Gasteiger partial charge in [0.2, 0.25) is 0 Å². The van der Waals surface area contributed by atoms with Crippen LogP contribution in [-0.4, -0.2) is 25.9 Å². The molecule has 118 valence electrons. The summed E-state index contributed by atoms with van der Waals surface area (Å²) in [5.41, 5.74) is 1.03.